The second-order valence-corrected chi connectivity index (χ2v) is 5.47. The quantitative estimate of drug-likeness (QED) is 0.664. The summed E-state index contributed by atoms with van der Waals surface area (Å²) < 4.78 is 26.2. The molecule has 0 aromatic carbocycles. The Kier molecular flexibility index (Phi) is 4.35. The molecule has 0 saturated carbocycles. The Morgan fingerprint density at radius 2 is 2.39 bits per heavy atom. The van der Waals surface area contributed by atoms with Gasteiger partial charge in [0.05, 0.1) is 18.8 Å². The first kappa shape index (κ1) is 14.1. The maximum atomic E-state index is 11.4. The predicted molar refractivity (Wildman–Crippen MR) is 59.0 cm³/mol. The largest absolute Gasteiger partial charge is 0.476 e. The number of aromatic nitrogens is 3. The fourth-order valence-electron chi connectivity index (χ4n) is 1.00. The number of nitrogens with zero attached hydrogens (tertiary/aromatic N) is 4. The third-order valence-corrected chi connectivity index (χ3v) is 3.69. The second kappa shape index (κ2) is 5.56. The topological polar surface area (TPSA) is 138 Å². The Balaban J connectivity index is 2.52. The van der Waals surface area contributed by atoms with Crippen molar-refractivity contribution < 1.29 is 18.3 Å². The highest BCUT2D eigenvalue weighted by atomic mass is 32.2. The van der Waals surface area contributed by atoms with Crippen LogP contribution in [0.5, 0.6) is 0 Å². The van der Waals surface area contributed by atoms with Crippen molar-refractivity contribution in [2.45, 2.75) is 18.7 Å². The lowest BCUT2D eigenvalue weighted by Gasteiger charge is -2.07. The van der Waals surface area contributed by atoms with E-state index in [4.69, 9.17) is 10.4 Å². The van der Waals surface area contributed by atoms with Gasteiger partial charge in [-0.05, 0) is 6.92 Å². The highest BCUT2D eigenvalue weighted by Gasteiger charge is 2.19. The summed E-state index contributed by atoms with van der Waals surface area (Å²) in [5.74, 6) is -1.21. The summed E-state index contributed by atoms with van der Waals surface area (Å²) in [5, 5.41) is 22.8. The van der Waals surface area contributed by atoms with Gasteiger partial charge in [-0.15, -0.1) is 5.10 Å². The van der Waals surface area contributed by atoms with E-state index in [0.29, 0.717) is 0 Å². The van der Waals surface area contributed by atoms with Crippen LogP contribution in [0.2, 0.25) is 0 Å². The molecule has 2 N–H and O–H groups in total. The third-order valence-electron chi connectivity index (χ3n) is 2.05. The van der Waals surface area contributed by atoms with Gasteiger partial charge in [-0.1, -0.05) is 5.21 Å². The molecule has 0 aliphatic heterocycles. The lowest BCUT2D eigenvalue weighted by Crippen LogP contribution is -2.34. The van der Waals surface area contributed by atoms with E-state index in [-0.39, 0.29) is 18.8 Å². The Morgan fingerprint density at radius 3 is 2.89 bits per heavy atom. The van der Waals surface area contributed by atoms with Gasteiger partial charge in [0.1, 0.15) is 0 Å². The maximum absolute atomic E-state index is 11.4. The molecule has 9 nitrogen and oxygen atoms in total. The third kappa shape index (κ3) is 3.51. The Morgan fingerprint density at radius 1 is 1.72 bits per heavy atom. The number of carboxylic acid groups (broad SMARTS) is 1. The molecule has 0 saturated heterocycles. The molecule has 1 atom stereocenters. The molecule has 0 spiro atoms. The molecule has 1 heterocycles. The van der Waals surface area contributed by atoms with E-state index < -0.39 is 21.2 Å². The average molecular weight is 273 g/mol. The van der Waals surface area contributed by atoms with Crippen LogP contribution in [0.15, 0.2) is 6.20 Å². The van der Waals surface area contributed by atoms with E-state index in [0.717, 1.165) is 0 Å². The van der Waals surface area contributed by atoms with E-state index in [1.54, 1.807) is 6.07 Å². The summed E-state index contributed by atoms with van der Waals surface area (Å²) >= 11 is 0. The van der Waals surface area contributed by atoms with Gasteiger partial charge in [0, 0.05) is 6.54 Å². The molecule has 0 fully saturated rings. The van der Waals surface area contributed by atoms with Gasteiger partial charge in [0.2, 0.25) is 10.0 Å². The van der Waals surface area contributed by atoms with Crippen LogP contribution in [-0.4, -0.2) is 46.3 Å². The number of rotatable bonds is 6. The van der Waals surface area contributed by atoms with Crippen molar-refractivity contribution in [1.82, 2.24) is 19.7 Å². The van der Waals surface area contributed by atoms with Crippen molar-refractivity contribution in [3.05, 3.63) is 11.9 Å². The minimum Gasteiger partial charge on any atom is -0.476 e. The molecule has 1 aromatic rings. The fourth-order valence-corrected chi connectivity index (χ4v) is 1.77. The first-order valence-electron chi connectivity index (χ1n) is 4.88. The van der Waals surface area contributed by atoms with Crippen LogP contribution in [0, 0.1) is 11.3 Å². The van der Waals surface area contributed by atoms with Crippen molar-refractivity contribution in [2.75, 3.05) is 6.54 Å². The first-order valence-corrected chi connectivity index (χ1v) is 6.43. The molecule has 1 aromatic heterocycles. The van der Waals surface area contributed by atoms with Crippen molar-refractivity contribution >= 4 is 16.0 Å². The summed E-state index contributed by atoms with van der Waals surface area (Å²) in [7, 11) is -3.68. The average Bonchev–Trinajstić information content (AvgIpc) is 2.76. The molecule has 18 heavy (non-hydrogen) atoms. The van der Waals surface area contributed by atoms with Crippen LogP contribution < -0.4 is 4.72 Å². The van der Waals surface area contributed by atoms with E-state index in [9.17, 15) is 13.2 Å². The number of hydrogen-bond acceptors (Lipinski definition) is 6. The molecular formula is C8H11N5O4S. The highest BCUT2D eigenvalue weighted by molar-refractivity contribution is 7.90. The van der Waals surface area contributed by atoms with Gasteiger partial charge < -0.3 is 5.11 Å². The van der Waals surface area contributed by atoms with Crippen molar-refractivity contribution in [3.8, 4) is 6.07 Å². The molecule has 10 heteroatoms. The summed E-state index contributed by atoms with van der Waals surface area (Å²) in [6.07, 6.45) is 1.18. The molecule has 0 radical (unpaired) electrons. The van der Waals surface area contributed by atoms with Crippen LogP contribution in [0.25, 0.3) is 0 Å². The monoisotopic (exact) mass is 273 g/mol. The van der Waals surface area contributed by atoms with E-state index in [1.165, 1.54) is 17.8 Å². The molecule has 0 aliphatic rings. The van der Waals surface area contributed by atoms with Gasteiger partial charge in [-0.2, -0.15) is 5.26 Å². The van der Waals surface area contributed by atoms with Gasteiger partial charge in [0.25, 0.3) is 0 Å². The zero-order valence-corrected chi connectivity index (χ0v) is 10.3. The van der Waals surface area contributed by atoms with E-state index >= 15 is 0 Å². The lowest BCUT2D eigenvalue weighted by molar-refractivity contribution is 0.0690. The molecular weight excluding hydrogens is 262 g/mol. The number of nitrogens with one attached hydrogen (secondary N) is 1. The highest BCUT2D eigenvalue weighted by Crippen LogP contribution is 1.96. The van der Waals surface area contributed by atoms with Crippen LogP contribution in [0.4, 0.5) is 0 Å². The number of aromatic carboxylic acids is 1. The van der Waals surface area contributed by atoms with Gasteiger partial charge in [-0.25, -0.2) is 17.9 Å². The zero-order valence-electron chi connectivity index (χ0n) is 9.44. The number of nitriles is 1. The molecule has 0 aliphatic carbocycles. The minimum absolute atomic E-state index is 0.00320. The summed E-state index contributed by atoms with van der Waals surface area (Å²) in [5.41, 5.74) is -0.219. The Labute approximate surface area is 103 Å². The van der Waals surface area contributed by atoms with Crippen LogP contribution >= 0.6 is 0 Å². The number of carboxylic acids is 1. The van der Waals surface area contributed by atoms with Crippen LogP contribution in [0.1, 0.15) is 17.4 Å². The summed E-state index contributed by atoms with van der Waals surface area (Å²) in [6, 6.07) is 1.61. The minimum atomic E-state index is -3.68. The molecule has 98 valence electrons. The van der Waals surface area contributed by atoms with Crippen molar-refractivity contribution in [1.29, 1.82) is 5.26 Å². The molecule has 0 amide bonds. The molecule has 0 bridgehead atoms. The lowest BCUT2D eigenvalue weighted by atomic mass is 10.5. The van der Waals surface area contributed by atoms with Gasteiger partial charge in [0.15, 0.2) is 10.9 Å². The van der Waals surface area contributed by atoms with E-state index in [1.807, 2.05) is 0 Å². The van der Waals surface area contributed by atoms with Gasteiger partial charge >= 0.3 is 5.97 Å². The summed E-state index contributed by atoms with van der Waals surface area (Å²) in [4.78, 5) is 10.5. The van der Waals surface area contributed by atoms with Gasteiger partial charge in [-0.3, -0.25) is 4.68 Å². The van der Waals surface area contributed by atoms with Crippen LogP contribution in [0.3, 0.4) is 0 Å². The smallest absolute Gasteiger partial charge is 0.358 e. The van der Waals surface area contributed by atoms with E-state index in [2.05, 4.69) is 15.0 Å². The van der Waals surface area contributed by atoms with Crippen LogP contribution in [-0.2, 0) is 16.6 Å². The zero-order chi connectivity index (χ0) is 13.8. The number of sulfonamides is 1. The van der Waals surface area contributed by atoms with Crippen molar-refractivity contribution in [2.24, 2.45) is 0 Å². The predicted octanol–water partition coefficient (Wildman–Crippen LogP) is -1.19. The SMILES string of the molecule is CC(C#N)S(=O)(=O)NCCn1cc(C(=O)O)nn1. The molecule has 1 rings (SSSR count). The second-order valence-electron chi connectivity index (χ2n) is 3.38. The first-order chi connectivity index (χ1) is 8.36. The normalized spacial score (nSPS) is 12.9. The van der Waals surface area contributed by atoms with Crippen molar-refractivity contribution in [3.63, 3.8) is 0 Å². The number of hydrogen-bond donors (Lipinski definition) is 2. The Bertz CT molecular complexity index is 573. The maximum Gasteiger partial charge on any atom is 0.358 e. The Hall–Kier alpha value is -1.99. The standard InChI is InChI=1S/C8H11N5O4S/c1-6(4-9)18(16,17)10-2-3-13-5-7(8(14)15)11-12-13/h5-6,10H,2-3H2,1H3,(H,14,15). The fraction of sp³-hybridized carbons (Fsp3) is 0.500. The summed E-state index contributed by atoms with van der Waals surface area (Å²) in [6.45, 7) is 1.38. The molecule has 1 unspecified atom stereocenters. The number of carbonyl (C=O) groups is 1.